The summed E-state index contributed by atoms with van der Waals surface area (Å²) >= 11 is 6.13. The Hall–Kier alpha value is -1.40. The first-order valence-electron chi connectivity index (χ1n) is 7.26. The summed E-state index contributed by atoms with van der Waals surface area (Å²) in [6.45, 7) is 3.53. The van der Waals surface area contributed by atoms with Crippen molar-refractivity contribution in [3.05, 3.63) is 46.5 Å². The van der Waals surface area contributed by atoms with Crippen LogP contribution in [-0.4, -0.2) is 23.2 Å². The van der Waals surface area contributed by atoms with E-state index in [4.69, 9.17) is 11.6 Å². The molecule has 5 nitrogen and oxygen atoms in total. The van der Waals surface area contributed by atoms with Crippen LogP contribution in [0.3, 0.4) is 0 Å². The number of benzene rings is 1. The highest BCUT2D eigenvalue weighted by Gasteiger charge is 2.32. The molecule has 1 aromatic heterocycles. The lowest BCUT2D eigenvalue weighted by atomic mass is 10.2. The van der Waals surface area contributed by atoms with Crippen molar-refractivity contribution in [3.8, 4) is 0 Å². The molecule has 1 fully saturated rings. The van der Waals surface area contributed by atoms with Gasteiger partial charge in [-0.05, 0) is 38.3 Å². The molecule has 2 aromatic rings. The molecule has 7 heteroatoms. The van der Waals surface area contributed by atoms with E-state index in [1.807, 2.05) is 11.5 Å². The van der Waals surface area contributed by atoms with E-state index in [1.165, 1.54) is 0 Å². The highest BCUT2D eigenvalue weighted by Crippen LogP contribution is 2.37. The normalized spacial score (nSPS) is 16.7. The standard InChI is InChI=1S/C15H18ClN3O2S/c1-10(13-5-3-4-6-14(13)16)22(20,21)9-15-18-17-11(2)19(15)12-7-8-12/h3-6,10,12H,7-9H2,1-2H3/t10-/m1/s1. The summed E-state index contributed by atoms with van der Waals surface area (Å²) in [4.78, 5) is 0. The largest absolute Gasteiger partial charge is 0.311 e. The average Bonchev–Trinajstić information content (AvgIpc) is 3.23. The molecule has 118 valence electrons. The Labute approximate surface area is 135 Å². The highest BCUT2D eigenvalue weighted by atomic mass is 35.5. The zero-order valence-electron chi connectivity index (χ0n) is 12.5. The van der Waals surface area contributed by atoms with Gasteiger partial charge in [-0.2, -0.15) is 0 Å². The molecule has 0 aliphatic heterocycles. The zero-order valence-corrected chi connectivity index (χ0v) is 14.1. The molecule has 0 radical (unpaired) electrons. The summed E-state index contributed by atoms with van der Waals surface area (Å²) in [7, 11) is -3.41. The van der Waals surface area contributed by atoms with Gasteiger partial charge in [-0.3, -0.25) is 0 Å². The molecule has 1 saturated carbocycles. The minimum atomic E-state index is -3.41. The summed E-state index contributed by atoms with van der Waals surface area (Å²) in [5, 5.41) is 7.89. The van der Waals surface area contributed by atoms with Crippen LogP contribution in [-0.2, 0) is 15.6 Å². The van der Waals surface area contributed by atoms with Gasteiger partial charge in [0, 0.05) is 11.1 Å². The molecule has 0 unspecified atom stereocenters. The molecule has 1 heterocycles. The highest BCUT2D eigenvalue weighted by molar-refractivity contribution is 7.90. The van der Waals surface area contributed by atoms with E-state index in [-0.39, 0.29) is 5.75 Å². The lowest BCUT2D eigenvalue weighted by molar-refractivity contribution is 0.579. The lowest BCUT2D eigenvalue weighted by Crippen LogP contribution is -2.16. The third-order valence-electron chi connectivity index (χ3n) is 4.06. The number of halogens is 1. The molecular formula is C15H18ClN3O2S. The Kier molecular flexibility index (Phi) is 3.99. The first-order valence-corrected chi connectivity index (χ1v) is 9.36. The fourth-order valence-corrected chi connectivity index (χ4v) is 4.39. The second kappa shape index (κ2) is 5.66. The number of sulfone groups is 1. The Bertz CT molecular complexity index is 797. The van der Waals surface area contributed by atoms with Crippen molar-refractivity contribution < 1.29 is 8.42 Å². The number of nitrogens with zero attached hydrogens (tertiary/aromatic N) is 3. The van der Waals surface area contributed by atoms with Crippen molar-refractivity contribution in [2.45, 2.75) is 43.7 Å². The molecule has 1 aliphatic rings. The van der Waals surface area contributed by atoms with E-state index in [0.717, 1.165) is 18.7 Å². The topological polar surface area (TPSA) is 64.8 Å². The van der Waals surface area contributed by atoms with Gasteiger partial charge in [0.25, 0.3) is 0 Å². The zero-order chi connectivity index (χ0) is 15.9. The predicted molar refractivity (Wildman–Crippen MR) is 85.5 cm³/mol. The summed E-state index contributed by atoms with van der Waals surface area (Å²) in [5.74, 6) is 1.19. The van der Waals surface area contributed by atoms with E-state index < -0.39 is 15.1 Å². The van der Waals surface area contributed by atoms with Crippen LogP contribution in [0.4, 0.5) is 0 Å². The maximum absolute atomic E-state index is 12.7. The Morgan fingerprint density at radius 1 is 1.32 bits per heavy atom. The lowest BCUT2D eigenvalue weighted by Gasteiger charge is -2.15. The molecule has 3 rings (SSSR count). The third kappa shape index (κ3) is 2.90. The smallest absolute Gasteiger partial charge is 0.164 e. The SMILES string of the molecule is Cc1nnc(CS(=O)(=O)[C@H](C)c2ccccc2Cl)n1C1CC1. The van der Waals surface area contributed by atoms with Crippen molar-refractivity contribution in [1.82, 2.24) is 14.8 Å². The van der Waals surface area contributed by atoms with Gasteiger partial charge < -0.3 is 4.57 Å². The summed E-state index contributed by atoms with van der Waals surface area (Å²) in [5.41, 5.74) is 0.623. The van der Waals surface area contributed by atoms with Gasteiger partial charge in [0.05, 0.1) is 5.25 Å². The molecule has 0 N–H and O–H groups in total. The molecule has 1 atom stereocenters. The quantitative estimate of drug-likeness (QED) is 0.838. The van der Waals surface area contributed by atoms with Crippen LogP contribution in [0.1, 0.15) is 48.3 Å². The van der Waals surface area contributed by atoms with Crippen molar-refractivity contribution in [2.24, 2.45) is 0 Å². The van der Waals surface area contributed by atoms with E-state index in [9.17, 15) is 8.42 Å². The number of hydrogen-bond donors (Lipinski definition) is 0. The Morgan fingerprint density at radius 2 is 2.00 bits per heavy atom. The van der Waals surface area contributed by atoms with Crippen LogP contribution >= 0.6 is 11.6 Å². The third-order valence-corrected chi connectivity index (χ3v) is 6.40. The van der Waals surface area contributed by atoms with Gasteiger partial charge in [0.1, 0.15) is 17.4 Å². The summed E-state index contributed by atoms with van der Waals surface area (Å²) in [6, 6.07) is 7.40. The minimum absolute atomic E-state index is 0.114. The van der Waals surface area contributed by atoms with Gasteiger partial charge in [0.15, 0.2) is 9.84 Å². The second-order valence-corrected chi connectivity index (χ2v) is 8.46. The van der Waals surface area contributed by atoms with Gasteiger partial charge in [-0.15, -0.1) is 10.2 Å². The van der Waals surface area contributed by atoms with Crippen molar-refractivity contribution in [2.75, 3.05) is 0 Å². The predicted octanol–water partition coefficient (Wildman–Crippen LogP) is 3.25. The van der Waals surface area contributed by atoms with Crippen LogP contribution in [0, 0.1) is 6.92 Å². The van der Waals surface area contributed by atoms with Gasteiger partial charge in [-0.25, -0.2) is 8.42 Å². The van der Waals surface area contributed by atoms with Crippen molar-refractivity contribution in [3.63, 3.8) is 0 Å². The molecule has 0 bridgehead atoms. The second-order valence-electron chi connectivity index (χ2n) is 5.74. The van der Waals surface area contributed by atoms with E-state index >= 15 is 0 Å². The molecule has 0 spiro atoms. The Balaban J connectivity index is 1.89. The van der Waals surface area contributed by atoms with Crippen LogP contribution < -0.4 is 0 Å². The van der Waals surface area contributed by atoms with Crippen molar-refractivity contribution in [1.29, 1.82) is 0 Å². The maximum atomic E-state index is 12.7. The number of aryl methyl sites for hydroxylation is 1. The molecule has 0 amide bonds. The maximum Gasteiger partial charge on any atom is 0.164 e. The fraction of sp³-hybridized carbons (Fsp3) is 0.467. The molecule has 22 heavy (non-hydrogen) atoms. The van der Waals surface area contributed by atoms with Crippen molar-refractivity contribution >= 4 is 21.4 Å². The van der Waals surface area contributed by atoms with Gasteiger partial charge >= 0.3 is 0 Å². The molecule has 1 aliphatic carbocycles. The summed E-state index contributed by atoms with van der Waals surface area (Å²) < 4.78 is 27.4. The molecule has 1 aromatic carbocycles. The fourth-order valence-electron chi connectivity index (χ4n) is 2.62. The summed E-state index contributed by atoms with van der Waals surface area (Å²) in [6.07, 6.45) is 2.12. The Morgan fingerprint density at radius 3 is 2.64 bits per heavy atom. The monoisotopic (exact) mass is 339 g/mol. The first kappa shape index (κ1) is 15.5. The van der Waals surface area contributed by atoms with Crippen LogP contribution in [0.2, 0.25) is 5.02 Å². The molecular weight excluding hydrogens is 322 g/mol. The number of hydrogen-bond acceptors (Lipinski definition) is 4. The molecule has 0 saturated heterocycles. The van der Waals surface area contributed by atoms with Crippen LogP contribution in [0.5, 0.6) is 0 Å². The van der Waals surface area contributed by atoms with E-state index in [0.29, 0.717) is 22.5 Å². The minimum Gasteiger partial charge on any atom is -0.311 e. The van der Waals surface area contributed by atoms with Gasteiger partial charge in [-0.1, -0.05) is 29.8 Å². The van der Waals surface area contributed by atoms with E-state index in [2.05, 4.69) is 10.2 Å². The average molecular weight is 340 g/mol. The van der Waals surface area contributed by atoms with E-state index in [1.54, 1.807) is 31.2 Å². The number of aromatic nitrogens is 3. The number of rotatable bonds is 5. The first-order chi connectivity index (χ1) is 10.4. The van der Waals surface area contributed by atoms with Crippen LogP contribution in [0.25, 0.3) is 0 Å². The van der Waals surface area contributed by atoms with Gasteiger partial charge in [0.2, 0.25) is 0 Å². The van der Waals surface area contributed by atoms with Crippen LogP contribution in [0.15, 0.2) is 24.3 Å².